The predicted octanol–water partition coefficient (Wildman–Crippen LogP) is 3.44. The van der Waals surface area contributed by atoms with E-state index in [1.807, 2.05) is 30.3 Å². The van der Waals surface area contributed by atoms with Gasteiger partial charge in [-0.05, 0) is 48.3 Å². The van der Waals surface area contributed by atoms with Crippen LogP contribution in [0.1, 0.15) is 43.3 Å². The summed E-state index contributed by atoms with van der Waals surface area (Å²) < 4.78 is 15.3. The maximum atomic E-state index is 14.1. The molecule has 190 valence electrons. The monoisotopic (exact) mass is 519 g/mol. The average Bonchev–Trinajstić information content (AvgIpc) is 3.51. The summed E-state index contributed by atoms with van der Waals surface area (Å²) in [7, 11) is 1.45. The van der Waals surface area contributed by atoms with E-state index in [-0.39, 0.29) is 34.3 Å². The molecule has 2 aromatic heterocycles. The number of nitrogens with one attached hydrogen (secondary N) is 1. The zero-order valence-electron chi connectivity index (χ0n) is 20.1. The van der Waals surface area contributed by atoms with Crippen molar-refractivity contribution in [1.29, 1.82) is 0 Å². The van der Waals surface area contributed by atoms with Gasteiger partial charge in [0, 0.05) is 6.54 Å². The van der Waals surface area contributed by atoms with Crippen molar-refractivity contribution in [2.45, 2.75) is 19.5 Å². The average molecular weight is 520 g/mol. The van der Waals surface area contributed by atoms with Gasteiger partial charge in [-0.1, -0.05) is 42.5 Å². The number of hydrogen-bond acceptors (Lipinski definition) is 8. The van der Waals surface area contributed by atoms with E-state index < -0.39 is 23.8 Å². The molecule has 11 heteroatoms. The molecule has 0 bridgehead atoms. The number of nitrogens with two attached hydrogens (primary N) is 2. The van der Waals surface area contributed by atoms with Gasteiger partial charge in [0.2, 0.25) is 0 Å². The highest BCUT2D eigenvalue weighted by atomic mass is 32.1. The van der Waals surface area contributed by atoms with Crippen LogP contribution in [-0.2, 0) is 11.3 Å². The molecule has 4 aromatic rings. The smallest absolute Gasteiger partial charge is 0.273 e. The zero-order valence-corrected chi connectivity index (χ0v) is 21.0. The Bertz CT molecular complexity index is 1430. The summed E-state index contributed by atoms with van der Waals surface area (Å²) in [5, 5.41) is 2.89. The van der Waals surface area contributed by atoms with E-state index in [0.717, 1.165) is 17.1 Å². The van der Waals surface area contributed by atoms with Gasteiger partial charge in [0.05, 0.1) is 18.5 Å². The number of aromatic nitrogens is 1. The molecule has 2 heterocycles. The van der Waals surface area contributed by atoms with Gasteiger partial charge in [-0.3, -0.25) is 19.3 Å². The Balaban J connectivity index is 1.84. The summed E-state index contributed by atoms with van der Waals surface area (Å²) in [6.07, 6.45) is 0. The third-order valence-corrected chi connectivity index (χ3v) is 6.42. The number of methoxy groups -OCH3 is 1. The Labute approximate surface area is 217 Å². The van der Waals surface area contributed by atoms with Gasteiger partial charge in [-0.2, -0.15) is 4.37 Å². The van der Waals surface area contributed by atoms with E-state index in [1.165, 1.54) is 12.0 Å². The molecule has 0 unspecified atom stereocenters. The van der Waals surface area contributed by atoms with E-state index >= 15 is 0 Å². The van der Waals surface area contributed by atoms with Crippen molar-refractivity contribution in [1.82, 2.24) is 9.69 Å². The normalized spacial score (nSPS) is 11.5. The molecule has 1 atom stereocenters. The van der Waals surface area contributed by atoms with Crippen LogP contribution < -0.4 is 26.4 Å². The molecular formula is C26H25N5O5S. The lowest BCUT2D eigenvalue weighted by Crippen LogP contribution is -2.44. The van der Waals surface area contributed by atoms with E-state index in [9.17, 15) is 14.4 Å². The summed E-state index contributed by atoms with van der Waals surface area (Å²) in [4.78, 5) is 40.7. The number of benzene rings is 2. The summed E-state index contributed by atoms with van der Waals surface area (Å²) in [5.41, 5.74) is 12.2. The molecule has 0 spiro atoms. The second-order valence-electron chi connectivity index (χ2n) is 8.04. The Morgan fingerprint density at radius 1 is 1.08 bits per heavy atom. The number of primary amides is 1. The molecule has 0 saturated carbocycles. The third-order valence-electron chi connectivity index (χ3n) is 5.57. The number of amides is 3. The molecule has 10 nitrogen and oxygen atoms in total. The van der Waals surface area contributed by atoms with Crippen molar-refractivity contribution < 1.29 is 23.5 Å². The molecular weight excluding hydrogens is 494 g/mol. The molecule has 0 aliphatic carbocycles. The number of carbonyl (C=O) groups excluding carboxylic acids is 3. The number of nitrogen functional groups attached to an aromatic ring is 1. The molecule has 2 aromatic carbocycles. The third kappa shape index (κ3) is 5.31. The zero-order chi connectivity index (χ0) is 26.5. The maximum absolute atomic E-state index is 14.1. The first kappa shape index (κ1) is 25.5. The molecule has 0 fully saturated rings. The Kier molecular flexibility index (Phi) is 7.54. The second kappa shape index (κ2) is 11.0. The van der Waals surface area contributed by atoms with E-state index in [4.69, 9.17) is 20.6 Å². The SMILES string of the molecule is COc1ccccc1N(C(=O)c1snc(C(N)=O)c1N)[C@@H](C(=O)NCc1ccccc1)c1ccc(C)o1. The number of ether oxygens (including phenoxy) is 1. The first-order valence-electron chi connectivity index (χ1n) is 11.2. The summed E-state index contributed by atoms with van der Waals surface area (Å²) in [5.74, 6) is -0.942. The van der Waals surface area contributed by atoms with Crippen molar-refractivity contribution in [3.8, 4) is 5.75 Å². The summed E-state index contributed by atoms with van der Waals surface area (Å²) >= 11 is 0.719. The van der Waals surface area contributed by atoms with Crippen LogP contribution in [0.4, 0.5) is 11.4 Å². The van der Waals surface area contributed by atoms with Crippen LogP contribution in [0, 0.1) is 6.92 Å². The Hall–Kier alpha value is -4.64. The van der Waals surface area contributed by atoms with Gasteiger partial charge in [-0.15, -0.1) is 0 Å². The fourth-order valence-corrected chi connectivity index (χ4v) is 4.53. The van der Waals surface area contributed by atoms with E-state index in [2.05, 4.69) is 9.69 Å². The van der Waals surface area contributed by atoms with Crippen LogP contribution >= 0.6 is 11.5 Å². The number of hydrogen-bond donors (Lipinski definition) is 3. The molecule has 0 aliphatic heterocycles. The number of carbonyl (C=O) groups is 3. The molecule has 0 aliphatic rings. The fraction of sp³-hybridized carbons (Fsp3) is 0.154. The highest BCUT2D eigenvalue weighted by molar-refractivity contribution is 7.09. The number of para-hydroxylation sites is 2. The van der Waals surface area contributed by atoms with Gasteiger partial charge in [0.15, 0.2) is 11.7 Å². The molecule has 5 N–H and O–H groups in total. The highest BCUT2D eigenvalue weighted by Gasteiger charge is 2.39. The summed E-state index contributed by atoms with van der Waals surface area (Å²) in [6.45, 7) is 1.95. The number of nitrogens with zero attached hydrogens (tertiary/aromatic N) is 2. The molecule has 4 rings (SSSR count). The van der Waals surface area contributed by atoms with Crippen LogP contribution in [0.15, 0.2) is 71.1 Å². The predicted molar refractivity (Wildman–Crippen MR) is 139 cm³/mol. The first-order valence-corrected chi connectivity index (χ1v) is 12.0. The minimum atomic E-state index is -1.25. The standard InChI is InChI=1S/C26H25N5O5S/c1-15-12-13-19(36-15)22(25(33)29-14-16-8-4-3-5-9-16)31(17-10-6-7-11-18(17)35-2)26(34)23-20(27)21(24(28)32)30-37-23/h3-13,22H,14,27H2,1-2H3,(H2,28,32)(H,29,33)/t22-/m1/s1. The van der Waals surface area contributed by atoms with Gasteiger partial charge >= 0.3 is 0 Å². The Morgan fingerprint density at radius 3 is 2.41 bits per heavy atom. The summed E-state index contributed by atoms with van der Waals surface area (Å²) in [6, 6.07) is 18.2. The van der Waals surface area contributed by atoms with Crippen molar-refractivity contribution in [2.24, 2.45) is 5.73 Å². The Morgan fingerprint density at radius 2 is 1.78 bits per heavy atom. The van der Waals surface area contributed by atoms with Crippen LogP contribution in [0.3, 0.4) is 0 Å². The van der Waals surface area contributed by atoms with Crippen molar-refractivity contribution in [3.05, 3.63) is 94.4 Å². The van der Waals surface area contributed by atoms with Crippen molar-refractivity contribution >= 4 is 40.6 Å². The second-order valence-corrected chi connectivity index (χ2v) is 8.81. The van der Waals surface area contributed by atoms with Gasteiger partial charge in [-0.25, -0.2) is 0 Å². The van der Waals surface area contributed by atoms with Crippen LogP contribution in [0.25, 0.3) is 0 Å². The van der Waals surface area contributed by atoms with Crippen LogP contribution in [0.2, 0.25) is 0 Å². The van der Waals surface area contributed by atoms with E-state index in [1.54, 1.807) is 43.3 Å². The fourth-order valence-electron chi connectivity index (χ4n) is 3.79. The quantitative estimate of drug-likeness (QED) is 0.306. The lowest BCUT2D eigenvalue weighted by molar-refractivity contribution is -0.123. The molecule has 37 heavy (non-hydrogen) atoms. The van der Waals surface area contributed by atoms with Gasteiger partial charge < -0.3 is 25.9 Å². The lowest BCUT2D eigenvalue weighted by atomic mass is 10.1. The molecule has 0 saturated heterocycles. The lowest BCUT2D eigenvalue weighted by Gasteiger charge is -2.30. The van der Waals surface area contributed by atoms with Crippen LogP contribution in [0.5, 0.6) is 5.75 Å². The van der Waals surface area contributed by atoms with Gasteiger partial charge in [0.25, 0.3) is 17.7 Å². The minimum Gasteiger partial charge on any atom is -0.495 e. The van der Waals surface area contributed by atoms with Crippen molar-refractivity contribution in [2.75, 3.05) is 17.7 Å². The molecule has 0 radical (unpaired) electrons. The highest BCUT2D eigenvalue weighted by Crippen LogP contribution is 2.38. The largest absolute Gasteiger partial charge is 0.495 e. The number of aryl methyl sites for hydroxylation is 1. The van der Waals surface area contributed by atoms with Gasteiger partial charge in [0.1, 0.15) is 22.1 Å². The number of anilines is 2. The molecule has 3 amide bonds. The topological polar surface area (TPSA) is 154 Å². The number of rotatable bonds is 9. The minimum absolute atomic E-state index is 0.0520. The van der Waals surface area contributed by atoms with E-state index in [0.29, 0.717) is 11.5 Å². The van der Waals surface area contributed by atoms with Crippen molar-refractivity contribution in [3.63, 3.8) is 0 Å². The maximum Gasteiger partial charge on any atom is 0.273 e. The number of furan rings is 1. The van der Waals surface area contributed by atoms with Crippen LogP contribution in [-0.4, -0.2) is 29.2 Å². The first-order chi connectivity index (χ1) is 17.8.